The van der Waals surface area contributed by atoms with Crippen molar-refractivity contribution in [2.45, 2.75) is 83.3 Å². The van der Waals surface area contributed by atoms with E-state index in [1.54, 1.807) is 29.7 Å². The van der Waals surface area contributed by atoms with E-state index in [4.69, 9.17) is 28.1 Å². The van der Waals surface area contributed by atoms with Crippen molar-refractivity contribution in [2.24, 2.45) is 39.8 Å². The van der Waals surface area contributed by atoms with Crippen molar-refractivity contribution in [3.63, 3.8) is 0 Å². The molecule has 15 heteroatoms. The van der Waals surface area contributed by atoms with Crippen molar-refractivity contribution >= 4 is 35.5 Å². The van der Waals surface area contributed by atoms with Crippen LogP contribution in [0.25, 0.3) is 0 Å². The first-order valence-corrected chi connectivity index (χ1v) is 14.8. The maximum atomic E-state index is 13.7. The van der Waals surface area contributed by atoms with Crippen LogP contribution >= 0.6 is 0 Å². The Morgan fingerprint density at radius 2 is 1.41 bits per heavy atom. The van der Waals surface area contributed by atoms with Crippen LogP contribution in [0.3, 0.4) is 0 Å². The molecule has 0 unspecified atom stereocenters. The number of aliphatic imine (C=N–C) groups is 1. The Morgan fingerprint density at radius 3 is 1.98 bits per heavy atom. The van der Waals surface area contributed by atoms with Gasteiger partial charge in [-0.25, -0.2) is 5.48 Å². The molecule has 0 radical (unpaired) electrons. The molecule has 4 atom stereocenters. The second-order valence-electron chi connectivity index (χ2n) is 11.1. The van der Waals surface area contributed by atoms with Crippen LogP contribution < -0.4 is 44.4 Å². The molecular formula is C29H49N9O6. The molecule has 0 spiro atoms. The Morgan fingerprint density at radius 1 is 0.818 bits per heavy atom. The maximum Gasteiger partial charge on any atom is 0.244 e. The second kappa shape index (κ2) is 20.6. The van der Waals surface area contributed by atoms with Gasteiger partial charge in [-0.15, -0.1) is 0 Å². The first kappa shape index (κ1) is 37.8. The maximum absolute atomic E-state index is 13.7. The zero-order valence-corrected chi connectivity index (χ0v) is 25.6. The highest BCUT2D eigenvalue weighted by atomic mass is 16.5. The molecule has 1 aromatic rings. The van der Waals surface area contributed by atoms with Gasteiger partial charge in [-0.1, -0.05) is 44.2 Å². The number of carbonyl (C=O) groups excluding carboxylic acids is 5. The van der Waals surface area contributed by atoms with Crippen molar-refractivity contribution in [1.82, 2.24) is 21.4 Å². The van der Waals surface area contributed by atoms with E-state index in [9.17, 15) is 24.0 Å². The van der Waals surface area contributed by atoms with Crippen LogP contribution in [0.15, 0.2) is 35.3 Å². The fourth-order valence-corrected chi connectivity index (χ4v) is 4.57. The predicted molar refractivity (Wildman–Crippen MR) is 165 cm³/mol. The van der Waals surface area contributed by atoms with E-state index in [1.807, 2.05) is 19.9 Å². The number of unbranched alkanes of at least 4 members (excludes halogenated alkanes) is 1. The number of nitrogens with one attached hydrogen (secondary N) is 4. The van der Waals surface area contributed by atoms with Crippen molar-refractivity contribution in [2.75, 3.05) is 13.1 Å². The molecule has 0 heterocycles. The van der Waals surface area contributed by atoms with Crippen molar-refractivity contribution in [3.05, 3.63) is 35.9 Å². The number of nitrogens with two attached hydrogens (primary N) is 4. The third kappa shape index (κ3) is 15.3. The minimum atomic E-state index is -1.12. The van der Waals surface area contributed by atoms with Gasteiger partial charge in [-0.2, -0.15) is 0 Å². The van der Waals surface area contributed by atoms with Crippen LogP contribution in [0.4, 0.5) is 0 Å². The monoisotopic (exact) mass is 619 g/mol. The molecule has 1 aromatic carbocycles. The molecule has 44 heavy (non-hydrogen) atoms. The highest BCUT2D eigenvalue weighted by Gasteiger charge is 2.31. The number of carbonyl (C=O) groups is 5. The second-order valence-corrected chi connectivity index (χ2v) is 11.1. The molecule has 0 bridgehead atoms. The highest BCUT2D eigenvalue weighted by Crippen LogP contribution is 2.17. The Labute approximate surface area is 258 Å². The summed E-state index contributed by atoms with van der Waals surface area (Å²) in [5.41, 5.74) is 24.1. The molecule has 0 aliphatic heterocycles. The number of primary amides is 1. The summed E-state index contributed by atoms with van der Waals surface area (Å²) in [4.78, 5) is 68.2. The van der Waals surface area contributed by atoms with Gasteiger partial charge in [-0.3, -0.25) is 34.2 Å². The summed E-state index contributed by atoms with van der Waals surface area (Å²) in [6.45, 7) is 4.37. The van der Waals surface area contributed by atoms with Crippen LogP contribution in [0.2, 0.25) is 0 Å². The van der Waals surface area contributed by atoms with E-state index in [1.165, 1.54) is 0 Å². The van der Waals surface area contributed by atoms with Crippen LogP contribution in [0, 0.1) is 11.8 Å². The summed E-state index contributed by atoms with van der Waals surface area (Å²) in [6.07, 6.45) is 2.03. The van der Waals surface area contributed by atoms with E-state index < -0.39 is 53.6 Å². The third-order valence-corrected chi connectivity index (χ3v) is 6.78. The molecule has 0 aromatic heterocycles. The fraction of sp³-hybridized carbons (Fsp3) is 0.586. The summed E-state index contributed by atoms with van der Waals surface area (Å²) in [5, 5.41) is 17.1. The molecular weight excluding hydrogens is 570 g/mol. The molecule has 246 valence electrons. The van der Waals surface area contributed by atoms with Gasteiger partial charge in [0.05, 0.1) is 0 Å². The van der Waals surface area contributed by atoms with Gasteiger partial charge in [0.2, 0.25) is 29.5 Å². The number of nitrogens with zero attached hydrogens (tertiary/aromatic N) is 1. The number of hydroxylamine groups is 1. The van der Waals surface area contributed by atoms with Crippen molar-refractivity contribution < 1.29 is 29.2 Å². The number of rotatable bonds is 21. The molecule has 0 saturated carbocycles. The minimum Gasteiger partial charge on any atom is -0.370 e. The summed E-state index contributed by atoms with van der Waals surface area (Å²) in [7, 11) is 0. The van der Waals surface area contributed by atoms with E-state index >= 15 is 0 Å². The third-order valence-electron chi connectivity index (χ3n) is 6.78. The van der Waals surface area contributed by atoms with Crippen molar-refractivity contribution in [3.8, 4) is 0 Å². The standard InChI is InChI=1S/C29H49N9O6/c1-18(2)15-20(17-24(39)38-44)26(41)37-23(16-19-9-4-3-5-10-19)28(43)36-22(12-8-14-34-29(32)33)27(42)35-21(25(31)40)11-6-7-13-30/h3-5,9-10,18,20-23,44H,6-8,11-17,30H2,1-2H3,(H2,31,40)(H,35,42)(H,36,43)(H,37,41)(H,38,39)(H4,32,33,34)/t20-,21+,22+,23+/m1/s1. The van der Waals surface area contributed by atoms with Gasteiger partial charge in [0.1, 0.15) is 18.1 Å². The normalized spacial score (nSPS) is 13.6. The van der Waals surface area contributed by atoms with Crippen LogP contribution in [-0.4, -0.2) is 71.9 Å². The van der Waals surface area contributed by atoms with E-state index in [-0.39, 0.29) is 44.1 Å². The molecule has 0 saturated heterocycles. The summed E-state index contributed by atoms with van der Waals surface area (Å²) in [6, 6.07) is 5.74. The van der Waals surface area contributed by atoms with E-state index in [2.05, 4.69) is 20.9 Å². The zero-order valence-electron chi connectivity index (χ0n) is 25.6. The largest absolute Gasteiger partial charge is 0.370 e. The number of amides is 5. The quantitative estimate of drug-likeness (QED) is 0.0265. The Bertz CT molecular complexity index is 1100. The fourth-order valence-electron chi connectivity index (χ4n) is 4.57. The first-order chi connectivity index (χ1) is 20.9. The molecule has 0 aliphatic rings. The lowest BCUT2D eigenvalue weighted by Crippen LogP contribution is -2.57. The first-order valence-electron chi connectivity index (χ1n) is 14.8. The average Bonchev–Trinajstić information content (AvgIpc) is 2.97. The molecule has 0 fully saturated rings. The number of hydrogen-bond donors (Lipinski definition) is 9. The van der Waals surface area contributed by atoms with E-state index in [0.717, 1.165) is 5.56 Å². The Kier molecular flexibility index (Phi) is 17.7. The molecule has 5 amide bonds. The predicted octanol–water partition coefficient (Wildman–Crippen LogP) is -1.09. The van der Waals surface area contributed by atoms with Crippen LogP contribution in [-0.2, 0) is 30.4 Å². The van der Waals surface area contributed by atoms with Gasteiger partial charge in [0, 0.05) is 25.3 Å². The van der Waals surface area contributed by atoms with Gasteiger partial charge in [0.25, 0.3) is 0 Å². The van der Waals surface area contributed by atoms with Crippen molar-refractivity contribution in [1.29, 1.82) is 0 Å². The number of benzene rings is 1. The van der Waals surface area contributed by atoms with Gasteiger partial charge in [-0.05, 0) is 56.6 Å². The van der Waals surface area contributed by atoms with Gasteiger partial charge < -0.3 is 38.9 Å². The summed E-state index contributed by atoms with van der Waals surface area (Å²) >= 11 is 0. The Balaban J connectivity index is 3.26. The average molecular weight is 620 g/mol. The molecule has 15 nitrogen and oxygen atoms in total. The van der Waals surface area contributed by atoms with Crippen LogP contribution in [0.5, 0.6) is 0 Å². The van der Waals surface area contributed by atoms with Crippen LogP contribution in [0.1, 0.15) is 64.4 Å². The molecule has 1 rings (SSSR count). The zero-order chi connectivity index (χ0) is 33.1. The van der Waals surface area contributed by atoms with Gasteiger partial charge in [0.15, 0.2) is 5.96 Å². The van der Waals surface area contributed by atoms with E-state index in [0.29, 0.717) is 32.2 Å². The number of hydrogen-bond acceptors (Lipinski definition) is 8. The highest BCUT2D eigenvalue weighted by molar-refractivity contribution is 5.95. The lowest BCUT2D eigenvalue weighted by Gasteiger charge is -2.26. The SMILES string of the molecule is CC(C)C[C@H](CC(=O)NO)C(=O)N[C@@H](Cc1ccccc1)C(=O)N[C@@H](CCCN=C(N)N)C(=O)N[C@@H](CCCCN)C(N)=O. The Hall–Kier alpha value is -4.24. The lowest BCUT2D eigenvalue weighted by molar-refractivity contribution is -0.137. The van der Waals surface area contributed by atoms with Gasteiger partial charge >= 0.3 is 0 Å². The molecule has 0 aliphatic carbocycles. The molecule has 13 N–H and O–H groups in total. The topological polar surface area (TPSA) is 270 Å². The summed E-state index contributed by atoms with van der Waals surface area (Å²) < 4.78 is 0. The lowest BCUT2D eigenvalue weighted by atomic mass is 9.92. The smallest absolute Gasteiger partial charge is 0.244 e. The number of guanidine groups is 1. The summed E-state index contributed by atoms with van der Waals surface area (Å²) in [5.74, 6) is -4.21. The minimum absolute atomic E-state index is 0.0417.